The summed E-state index contributed by atoms with van der Waals surface area (Å²) in [5.41, 5.74) is 7.21. The minimum absolute atomic E-state index is 0.509. The van der Waals surface area contributed by atoms with Gasteiger partial charge in [-0.3, -0.25) is 0 Å². The summed E-state index contributed by atoms with van der Waals surface area (Å²) in [6.07, 6.45) is 1.34. The van der Waals surface area contributed by atoms with E-state index in [4.69, 9.17) is 15.7 Å². The summed E-state index contributed by atoms with van der Waals surface area (Å²) < 4.78 is 4.96. The third-order valence-electron chi connectivity index (χ3n) is 1.47. The molecule has 1 rings (SSSR count). The van der Waals surface area contributed by atoms with Crippen LogP contribution in [0.1, 0.15) is 10.4 Å². The van der Waals surface area contributed by atoms with E-state index in [2.05, 4.69) is 0 Å². The van der Waals surface area contributed by atoms with Crippen LogP contribution in [0.3, 0.4) is 0 Å². The van der Waals surface area contributed by atoms with Crippen molar-refractivity contribution < 1.29 is 4.74 Å². The van der Waals surface area contributed by atoms with E-state index >= 15 is 0 Å². The van der Waals surface area contributed by atoms with Crippen LogP contribution in [0.4, 0.5) is 0 Å². The lowest BCUT2D eigenvalue weighted by Gasteiger charge is -1.93. The molecule has 1 aromatic rings. The monoisotopic (exact) mass is 194 g/mol. The van der Waals surface area contributed by atoms with E-state index in [1.807, 2.05) is 17.5 Å². The van der Waals surface area contributed by atoms with Gasteiger partial charge in [-0.1, -0.05) is 0 Å². The number of hydrogen-bond donors (Lipinski definition) is 1. The molecule has 4 heteroatoms. The van der Waals surface area contributed by atoms with Gasteiger partial charge >= 0.3 is 0 Å². The van der Waals surface area contributed by atoms with Crippen LogP contribution in [0.25, 0.3) is 5.70 Å². The highest BCUT2D eigenvalue weighted by Gasteiger charge is 2.01. The third-order valence-corrected chi connectivity index (χ3v) is 2.50. The summed E-state index contributed by atoms with van der Waals surface area (Å²) in [6.45, 7) is 0.580. The van der Waals surface area contributed by atoms with Gasteiger partial charge in [0.2, 0.25) is 0 Å². The summed E-state index contributed by atoms with van der Waals surface area (Å²) in [7, 11) is 1.64. The van der Waals surface area contributed by atoms with Gasteiger partial charge in [-0.25, -0.2) is 0 Å². The fourth-order valence-electron chi connectivity index (χ4n) is 0.910. The zero-order valence-electron chi connectivity index (χ0n) is 7.28. The Bertz CT molecular complexity index is 349. The highest BCUT2D eigenvalue weighted by molar-refractivity contribution is 7.11. The average molecular weight is 194 g/mol. The molecule has 1 aromatic heterocycles. The Kier molecular flexibility index (Phi) is 3.50. The maximum absolute atomic E-state index is 8.38. The Labute approximate surface area is 81.1 Å². The first-order valence-corrected chi connectivity index (χ1v) is 4.58. The number of nitrogens with two attached hydrogens (primary N) is 1. The molecular formula is C9H10N2OS. The van der Waals surface area contributed by atoms with Crippen molar-refractivity contribution in [2.24, 2.45) is 5.73 Å². The van der Waals surface area contributed by atoms with Crippen LogP contribution in [0, 0.1) is 11.3 Å². The number of methoxy groups -OCH3 is 1. The maximum Gasteiger partial charge on any atom is 0.0934 e. The van der Waals surface area contributed by atoms with Gasteiger partial charge in [-0.2, -0.15) is 5.26 Å². The summed E-state index contributed by atoms with van der Waals surface area (Å²) >= 11 is 1.51. The Morgan fingerprint density at radius 3 is 3.23 bits per heavy atom. The molecule has 0 aliphatic carbocycles. The molecule has 0 unspecified atom stereocenters. The van der Waals surface area contributed by atoms with Crippen LogP contribution in [0.5, 0.6) is 0 Å². The second-order valence-electron chi connectivity index (χ2n) is 2.48. The average Bonchev–Trinajstić information content (AvgIpc) is 2.54. The fourth-order valence-corrected chi connectivity index (χ4v) is 1.74. The first-order valence-electron chi connectivity index (χ1n) is 3.70. The van der Waals surface area contributed by atoms with Crippen molar-refractivity contribution in [3.05, 3.63) is 28.0 Å². The maximum atomic E-state index is 8.38. The van der Waals surface area contributed by atoms with Crippen LogP contribution < -0.4 is 5.73 Å². The molecule has 13 heavy (non-hydrogen) atoms. The topological polar surface area (TPSA) is 59.0 Å². The van der Waals surface area contributed by atoms with Crippen molar-refractivity contribution in [1.29, 1.82) is 5.26 Å². The number of hydrogen-bond acceptors (Lipinski definition) is 4. The van der Waals surface area contributed by atoms with Crippen LogP contribution in [-0.2, 0) is 11.3 Å². The summed E-state index contributed by atoms with van der Waals surface area (Å²) in [4.78, 5) is 0.911. The molecule has 0 radical (unpaired) electrons. The van der Waals surface area contributed by atoms with Gasteiger partial charge in [0.15, 0.2) is 0 Å². The molecule has 0 aliphatic heterocycles. The van der Waals surface area contributed by atoms with Gasteiger partial charge in [0, 0.05) is 13.2 Å². The molecule has 2 N–H and O–H groups in total. The van der Waals surface area contributed by atoms with E-state index in [-0.39, 0.29) is 0 Å². The normalized spacial score (nSPS) is 11.2. The van der Waals surface area contributed by atoms with Crippen molar-refractivity contribution in [1.82, 2.24) is 0 Å². The molecule has 0 spiro atoms. The van der Waals surface area contributed by atoms with E-state index in [0.717, 1.165) is 10.4 Å². The number of thiophene rings is 1. The van der Waals surface area contributed by atoms with E-state index in [1.54, 1.807) is 7.11 Å². The fraction of sp³-hybridized carbons (Fsp3) is 0.222. The Balaban J connectivity index is 2.80. The quantitative estimate of drug-likeness (QED) is 0.745. The first-order chi connectivity index (χ1) is 6.27. The van der Waals surface area contributed by atoms with Gasteiger partial charge in [-0.15, -0.1) is 11.3 Å². The molecular weight excluding hydrogens is 184 g/mol. The molecule has 0 bridgehead atoms. The highest BCUT2D eigenvalue weighted by Crippen LogP contribution is 2.20. The number of allylic oxidation sites excluding steroid dienone is 1. The molecule has 1 heterocycles. The number of rotatable bonds is 3. The van der Waals surface area contributed by atoms with Gasteiger partial charge in [0.1, 0.15) is 0 Å². The molecule has 0 saturated heterocycles. The first kappa shape index (κ1) is 9.78. The van der Waals surface area contributed by atoms with E-state index in [9.17, 15) is 0 Å². The minimum atomic E-state index is 0.509. The number of nitriles is 1. The standard InChI is InChI=1S/C9H10N2OS/c1-12-5-7-4-9(13-6-7)8(11)2-3-10/h2,4,6H,5,11H2,1H3/b8-2-. The van der Waals surface area contributed by atoms with E-state index < -0.39 is 0 Å². The van der Waals surface area contributed by atoms with Crippen molar-refractivity contribution >= 4 is 17.0 Å². The van der Waals surface area contributed by atoms with Gasteiger partial charge in [-0.05, 0) is 17.0 Å². The summed E-state index contributed by atoms with van der Waals surface area (Å²) in [5, 5.41) is 10.4. The molecule has 0 fully saturated rings. The number of nitrogens with zero attached hydrogens (tertiary/aromatic N) is 1. The molecule has 0 aromatic carbocycles. The van der Waals surface area contributed by atoms with Crippen molar-refractivity contribution in [2.45, 2.75) is 6.61 Å². The van der Waals surface area contributed by atoms with Gasteiger partial charge in [0.05, 0.1) is 23.3 Å². The van der Waals surface area contributed by atoms with Crippen molar-refractivity contribution in [3.63, 3.8) is 0 Å². The molecule has 0 saturated carbocycles. The molecule has 0 amide bonds. The molecule has 0 aliphatic rings. The SMILES string of the molecule is COCc1csc(/C(N)=C/C#N)c1. The van der Waals surface area contributed by atoms with E-state index in [0.29, 0.717) is 12.3 Å². The van der Waals surface area contributed by atoms with Crippen molar-refractivity contribution in [2.75, 3.05) is 7.11 Å². The zero-order chi connectivity index (χ0) is 9.68. The lowest BCUT2D eigenvalue weighted by Crippen LogP contribution is -1.92. The van der Waals surface area contributed by atoms with Crippen LogP contribution in [-0.4, -0.2) is 7.11 Å². The Morgan fingerprint density at radius 2 is 2.62 bits per heavy atom. The predicted octanol–water partition coefficient (Wildman–Crippen LogP) is 1.72. The molecule has 0 atom stereocenters. The van der Waals surface area contributed by atoms with Crippen LogP contribution in [0.2, 0.25) is 0 Å². The zero-order valence-corrected chi connectivity index (χ0v) is 8.10. The second kappa shape index (κ2) is 4.65. The van der Waals surface area contributed by atoms with Crippen LogP contribution in [0.15, 0.2) is 17.5 Å². The number of ether oxygens (including phenoxy) is 1. The Hall–Kier alpha value is -1.31. The van der Waals surface area contributed by atoms with Crippen LogP contribution >= 0.6 is 11.3 Å². The van der Waals surface area contributed by atoms with E-state index in [1.165, 1.54) is 17.4 Å². The lowest BCUT2D eigenvalue weighted by atomic mass is 10.3. The van der Waals surface area contributed by atoms with Crippen molar-refractivity contribution in [3.8, 4) is 6.07 Å². The molecule has 68 valence electrons. The smallest absolute Gasteiger partial charge is 0.0934 e. The highest BCUT2D eigenvalue weighted by atomic mass is 32.1. The summed E-state index contributed by atoms with van der Waals surface area (Å²) in [6, 6.07) is 3.82. The molecule has 3 nitrogen and oxygen atoms in total. The Morgan fingerprint density at radius 1 is 1.85 bits per heavy atom. The minimum Gasteiger partial charge on any atom is -0.397 e. The third kappa shape index (κ3) is 2.58. The summed E-state index contributed by atoms with van der Waals surface area (Å²) in [5.74, 6) is 0. The largest absolute Gasteiger partial charge is 0.397 e. The lowest BCUT2D eigenvalue weighted by molar-refractivity contribution is 0.185. The predicted molar refractivity (Wildman–Crippen MR) is 52.8 cm³/mol. The van der Waals surface area contributed by atoms with Gasteiger partial charge < -0.3 is 10.5 Å². The second-order valence-corrected chi connectivity index (χ2v) is 3.39. The van der Waals surface area contributed by atoms with Gasteiger partial charge in [0.25, 0.3) is 0 Å².